The molecule has 2 heterocycles. The summed E-state index contributed by atoms with van der Waals surface area (Å²) >= 11 is 4.72. The number of benzene rings is 1. The number of hydrogen-bond donors (Lipinski definition) is 3. The van der Waals surface area contributed by atoms with E-state index in [1.54, 1.807) is 0 Å². The Morgan fingerprint density at radius 1 is 1.30 bits per heavy atom. The minimum absolute atomic E-state index is 0.137. The number of nitrogens with one attached hydrogen (secondary N) is 2. The molecular weight excluding hydrogens is 270 g/mol. The number of para-hydroxylation sites is 1. The highest BCUT2D eigenvalue weighted by Crippen LogP contribution is 2.25. The summed E-state index contributed by atoms with van der Waals surface area (Å²) in [5, 5.41) is 6.52. The van der Waals surface area contributed by atoms with E-state index in [0.29, 0.717) is 0 Å². The van der Waals surface area contributed by atoms with Gasteiger partial charge in [0.25, 0.3) is 0 Å². The highest BCUT2D eigenvalue weighted by Gasteiger charge is 2.07. The Morgan fingerprint density at radius 2 is 2.10 bits per heavy atom. The second kappa shape index (κ2) is 4.90. The van der Waals surface area contributed by atoms with Gasteiger partial charge in [0, 0.05) is 16.3 Å². The number of pyridine rings is 1. The standard InChI is InChI=1S/C14H13N5S/c1-8(18-19-14(15)20)12-6-10-9-4-2-3-5-11(9)17-13(10)7-16-12/h2-7,17H,1H3,(H3,15,19,20)/b18-8+. The van der Waals surface area contributed by atoms with Crippen molar-refractivity contribution < 1.29 is 0 Å². The number of thiocarbonyl (C=S) groups is 1. The van der Waals surface area contributed by atoms with E-state index in [0.717, 1.165) is 27.8 Å². The molecule has 3 aromatic rings. The van der Waals surface area contributed by atoms with Crippen molar-refractivity contribution in [3.8, 4) is 0 Å². The van der Waals surface area contributed by atoms with Gasteiger partial charge in [-0.3, -0.25) is 10.4 Å². The van der Waals surface area contributed by atoms with Crippen LogP contribution < -0.4 is 11.2 Å². The quantitative estimate of drug-likeness (QED) is 0.383. The van der Waals surface area contributed by atoms with Gasteiger partial charge in [-0.2, -0.15) is 5.10 Å². The lowest BCUT2D eigenvalue weighted by molar-refractivity contribution is 1.02. The lowest BCUT2D eigenvalue weighted by Crippen LogP contribution is -2.25. The maximum Gasteiger partial charge on any atom is 0.184 e. The van der Waals surface area contributed by atoms with Gasteiger partial charge >= 0.3 is 0 Å². The zero-order valence-electron chi connectivity index (χ0n) is 10.8. The molecular formula is C14H13N5S. The van der Waals surface area contributed by atoms with E-state index in [4.69, 9.17) is 18.0 Å². The number of aromatic nitrogens is 2. The van der Waals surface area contributed by atoms with Crippen LogP contribution in [0.2, 0.25) is 0 Å². The van der Waals surface area contributed by atoms with Gasteiger partial charge in [0.05, 0.1) is 23.1 Å². The van der Waals surface area contributed by atoms with E-state index in [1.165, 1.54) is 5.39 Å². The zero-order valence-corrected chi connectivity index (χ0v) is 11.7. The summed E-state index contributed by atoms with van der Waals surface area (Å²) in [7, 11) is 0. The molecule has 0 amide bonds. The number of nitrogens with two attached hydrogens (primary N) is 1. The normalized spacial score (nSPS) is 11.9. The van der Waals surface area contributed by atoms with Crippen LogP contribution in [0.4, 0.5) is 0 Å². The van der Waals surface area contributed by atoms with Gasteiger partial charge in [-0.05, 0) is 31.3 Å². The van der Waals surface area contributed by atoms with Crippen LogP contribution in [-0.2, 0) is 0 Å². The van der Waals surface area contributed by atoms with E-state index in [9.17, 15) is 0 Å². The lowest BCUT2D eigenvalue weighted by atomic mass is 10.1. The minimum Gasteiger partial charge on any atom is -0.375 e. The third kappa shape index (κ3) is 2.21. The molecule has 0 aliphatic carbocycles. The fraction of sp³-hybridized carbons (Fsp3) is 0.0714. The maximum atomic E-state index is 5.36. The maximum absolute atomic E-state index is 5.36. The van der Waals surface area contributed by atoms with Crippen molar-refractivity contribution in [1.29, 1.82) is 0 Å². The van der Waals surface area contributed by atoms with Gasteiger partial charge < -0.3 is 10.7 Å². The fourth-order valence-electron chi connectivity index (χ4n) is 2.14. The predicted octanol–water partition coefficient (Wildman–Crippen LogP) is 2.27. The number of rotatable bonds is 2. The van der Waals surface area contributed by atoms with E-state index in [2.05, 4.69) is 26.6 Å². The summed E-state index contributed by atoms with van der Waals surface area (Å²) < 4.78 is 0. The van der Waals surface area contributed by atoms with E-state index < -0.39 is 0 Å². The van der Waals surface area contributed by atoms with Crippen molar-refractivity contribution in [3.63, 3.8) is 0 Å². The molecule has 3 rings (SSSR count). The van der Waals surface area contributed by atoms with Crippen LogP contribution in [0.3, 0.4) is 0 Å². The molecule has 0 saturated heterocycles. The molecule has 4 N–H and O–H groups in total. The van der Waals surface area contributed by atoms with Gasteiger partial charge in [-0.1, -0.05) is 18.2 Å². The van der Waals surface area contributed by atoms with Gasteiger partial charge in [-0.25, -0.2) is 0 Å². The first kappa shape index (κ1) is 12.6. The van der Waals surface area contributed by atoms with Crippen LogP contribution in [0.15, 0.2) is 41.6 Å². The number of H-pyrrole nitrogens is 1. The second-order valence-corrected chi connectivity index (χ2v) is 4.90. The van der Waals surface area contributed by atoms with Gasteiger partial charge in [0.1, 0.15) is 0 Å². The summed E-state index contributed by atoms with van der Waals surface area (Å²) in [4.78, 5) is 7.73. The molecule has 0 bridgehead atoms. The smallest absolute Gasteiger partial charge is 0.184 e. The minimum atomic E-state index is 0.137. The largest absolute Gasteiger partial charge is 0.375 e. The Hall–Kier alpha value is -2.47. The van der Waals surface area contributed by atoms with Crippen LogP contribution >= 0.6 is 12.2 Å². The van der Waals surface area contributed by atoms with Crippen molar-refractivity contribution in [2.24, 2.45) is 10.8 Å². The monoisotopic (exact) mass is 283 g/mol. The van der Waals surface area contributed by atoms with E-state index in [-0.39, 0.29) is 5.11 Å². The summed E-state index contributed by atoms with van der Waals surface area (Å²) in [5.41, 5.74) is 11.5. The topological polar surface area (TPSA) is 79.1 Å². The Kier molecular flexibility index (Phi) is 3.08. The molecule has 100 valence electrons. The molecule has 1 aromatic carbocycles. The number of aromatic amines is 1. The van der Waals surface area contributed by atoms with Crippen LogP contribution in [0.25, 0.3) is 21.8 Å². The SMILES string of the molecule is C/C(=N\NC(N)=S)c1cc2c(cn1)[nH]c1ccccc12. The van der Waals surface area contributed by atoms with Gasteiger partial charge in [0.15, 0.2) is 5.11 Å². The number of fused-ring (bicyclic) bond motifs is 3. The molecule has 0 aliphatic heterocycles. The van der Waals surface area contributed by atoms with Crippen molar-refractivity contribution in [2.45, 2.75) is 6.92 Å². The van der Waals surface area contributed by atoms with Crippen LogP contribution in [0, 0.1) is 0 Å². The highest BCUT2D eigenvalue weighted by atomic mass is 32.1. The van der Waals surface area contributed by atoms with Crippen molar-refractivity contribution in [3.05, 3.63) is 42.2 Å². The zero-order chi connectivity index (χ0) is 14.1. The molecule has 0 unspecified atom stereocenters. The summed E-state index contributed by atoms with van der Waals surface area (Å²) in [6, 6.07) is 10.2. The van der Waals surface area contributed by atoms with E-state index in [1.807, 2.05) is 37.4 Å². The summed E-state index contributed by atoms with van der Waals surface area (Å²) in [6.07, 6.45) is 1.81. The first-order chi connectivity index (χ1) is 9.65. The molecule has 0 radical (unpaired) electrons. The molecule has 6 heteroatoms. The van der Waals surface area contributed by atoms with Crippen molar-refractivity contribution in [2.75, 3.05) is 0 Å². The molecule has 0 fully saturated rings. The molecule has 0 aliphatic rings. The van der Waals surface area contributed by atoms with Gasteiger partial charge in [-0.15, -0.1) is 0 Å². The molecule has 20 heavy (non-hydrogen) atoms. The van der Waals surface area contributed by atoms with Crippen molar-refractivity contribution >= 4 is 44.8 Å². The number of hydrogen-bond acceptors (Lipinski definition) is 3. The molecule has 0 atom stereocenters. The van der Waals surface area contributed by atoms with Crippen LogP contribution in [0.1, 0.15) is 12.6 Å². The van der Waals surface area contributed by atoms with Gasteiger partial charge in [0.2, 0.25) is 0 Å². The fourth-order valence-corrected chi connectivity index (χ4v) is 2.19. The Morgan fingerprint density at radius 3 is 2.90 bits per heavy atom. The van der Waals surface area contributed by atoms with Crippen LogP contribution in [0.5, 0.6) is 0 Å². The molecule has 0 spiro atoms. The molecule has 5 nitrogen and oxygen atoms in total. The van der Waals surface area contributed by atoms with E-state index >= 15 is 0 Å². The Labute approximate surface area is 120 Å². The number of nitrogens with zero attached hydrogens (tertiary/aromatic N) is 2. The molecule has 2 aromatic heterocycles. The summed E-state index contributed by atoms with van der Waals surface area (Å²) in [5.74, 6) is 0. The lowest BCUT2D eigenvalue weighted by Gasteiger charge is -2.01. The highest BCUT2D eigenvalue weighted by molar-refractivity contribution is 7.80. The Bertz CT molecular complexity index is 834. The number of hydrazone groups is 1. The Balaban J connectivity index is 2.12. The average molecular weight is 283 g/mol. The molecule has 0 saturated carbocycles. The van der Waals surface area contributed by atoms with Crippen LogP contribution in [-0.4, -0.2) is 20.8 Å². The third-order valence-electron chi connectivity index (χ3n) is 3.10. The second-order valence-electron chi connectivity index (χ2n) is 4.46. The van der Waals surface area contributed by atoms with Crippen molar-refractivity contribution in [1.82, 2.24) is 15.4 Å². The third-order valence-corrected chi connectivity index (χ3v) is 3.19. The average Bonchev–Trinajstić information content (AvgIpc) is 2.82. The first-order valence-electron chi connectivity index (χ1n) is 6.12. The summed E-state index contributed by atoms with van der Waals surface area (Å²) in [6.45, 7) is 1.86. The first-order valence-corrected chi connectivity index (χ1v) is 6.52. The predicted molar refractivity (Wildman–Crippen MR) is 85.7 cm³/mol.